The Morgan fingerprint density at radius 3 is 2.49 bits per heavy atom. The van der Waals surface area contributed by atoms with Gasteiger partial charge in [0.2, 0.25) is 5.95 Å². The Kier molecular flexibility index (Phi) is 5.04. The third-order valence-electron chi connectivity index (χ3n) is 8.04. The Morgan fingerprint density at radius 2 is 1.73 bits per heavy atom. The van der Waals surface area contributed by atoms with Gasteiger partial charge in [-0.3, -0.25) is 0 Å². The van der Waals surface area contributed by atoms with Crippen LogP contribution in [0.15, 0.2) is 48.5 Å². The van der Waals surface area contributed by atoms with E-state index in [1.165, 1.54) is 0 Å². The van der Waals surface area contributed by atoms with Crippen LogP contribution in [-0.2, 0) is 0 Å². The summed E-state index contributed by atoms with van der Waals surface area (Å²) in [7, 11) is 0. The number of anilines is 2. The smallest absolute Gasteiger partial charge is 0.228 e. The van der Waals surface area contributed by atoms with E-state index in [1.54, 1.807) is 18.2 Å². The summed E-state index contributed by atoms with van der Waals surface area (Å²) in [6.45, 7) is 2.29. The van der Waals surface area contributed by atoms with Crippen molar-refractivity contribution in [3.63, 3.8) is 0 Å². The number of fused-ring (bicyclic) bond motifs is 4. The molecule has 2 atom stereocenters. The summed E-state index contributed by atoms with van der Waals surface area (Å²) < 4.78 is 16.4. The molecule has 8 nitrogen and oxygen atoms in total. The summed E-state index contributed by atoms with van der Waals surface area (Å²) in [5.41, 5.74) is 6.74. The fourth-order valence-electron chi connectivity index (χ4n) is 6.17. The average Bonchev–Trinajstić information content (AvgIpc) is 3.23. The number of hydrogen-bond donors (Lipinski definition) is 4. The number of aliphatic hydroxyl groups is 1. The van der Waals surface area contributed by atoms with Crippen molar-refractivity contribution in [1.82, 2.24) is 15.3 Å². The van der Waals surface area contributed by atoms with Gasteiger partial charge in [-0.2, -0.15) is 4.98 Å². The first-order chi connectivity index (χ1) is 17.9. The number of phenolic OH excluding ortho intramolecular Hbond substituents is 1. The van der Waals surface area contributed by atoms with Crippen LogP contribution in [0.1, 0.15) is 12.8 Å². The molecule has 0 spiro atoms. The van der Waals surface area contributed by atoms with Gasteiger partial charge in [-0.05, 0) is 47.4 Å². The first kappa shape index (κ1) is 22.7. The standard InChI is InChI=1S/C28H29FN6O2/c29-24-21(23-10-19(37)9-16-3-1-2-4-20(16)23)7-8-22-25(24)32-27(35-13-28(30,14-35)15-36)33-26(22)34-11-17-5-6-18(12-34)31-17/h1-4,7-10,17-18,31,36-37H,5-6,11-15,30H2. The molecule has 190 valence electrons. The lowest BCUT2D eigenvalue weighted by atomic mass is 9.92. The van der Waals surface area contributed by atoms with E-state index < -0.39 is 11.4 Å². The Hall–Kier alpha value is -3.53. The lowest BCUT2D eigenvalue weighted by molar-refractivity contribution is 0.166. The molecule has 0 radical (unpaired) electrons. The fraction of sp³-hybridized carbons (Fsp3) is 0.357. The molecule has 5 N–H and O–H groups in total. The fourth-order valence-corrected chi connectivity index (χ4v) is 6.17. The predicted octanol–water partition coefficient (Wildman–Crippen LogP) is 2.75. The molecular formula is C28H29FN6O2. The number of aromatic nitrogens is 2. The molecule has 3 fully saturated rings. The molecule has 1 aromatic heterocycles. The van der Waals surface area contributed by atoms with E-state index in [0.29, 0.717) is 47.6 Å². The topological polar surface area (TPSA) is 111 Å². The second-order valence-electron chi connectivity index (χ2n) is 10.8. The van der Waals surface area contributed by atoms with Gasteiger partial charge in [0.1, 0.15) is 17.1 Å². The number of aliphatic hydroxyl groups excluding tert-OH is 1. The van der Waals surface area contributed by atoms with E-state index in [-0.39, 0.29) is 17.9 Å². The molecule has 4 aromatic rings. The van der Waals surface area contributed by atoms with Crippen LogP contribution in [0.2, 0.25) is 0 Å². The molecule has 3 saturated heterocycles. The number of phenols is 1. The third-order valence-corrected chi connectivity index (χ3v) is 8.04. The molecule has 4 heterocycles. The highest BCUT2D eigenvalue weighted by atomic mass is 19.1. The lowest BCUT2D eigenvalue weighted by Crippen LogP contribution is -2.70. The van der Waals surface area contributed by atoms with E-state index >= 15 is 4.39 Å². The molecular weight excluding hydrogens is 471 g/mol. The molecule has 0 aliphatic carbocycles. The zero-order valence-corrected chi connectivity index (χ0v) is 20.4. The van der Waals surface area contributed by atoms with Crippen molar-refractivity contribution in [1.29, 1.82) is 0 Å². The minimum Gasteiger partial charge on any atom is -0.508 e. The van der Waals surface area contributed by atoms with Gasteiger partial charge in [0, 0.05) is 49.2 Å². The molecule has 3 aliphatic heterocycles. The van der Waals surface area contributed by atoms with E-state index in [4.69, 9.17) is 15.7 Å². The summed E-state index contributed by atoms with van der Waals surface area (Å²) >= 11 is 0. The number of piperazine rings is 1. The van der Waals surface area contributed by atoms with Crippen LogP contribution in [0.4, 0.5) is 16.2 Å². The molecule has 0 amide bonds. The van der Waals surface area contributed by atoms with Crippen LogP contribution in [0.3, 0.4) is 0 Å². The summed E-state index contributed by atoms with van der Waals surface area (Å²) in [6, 6.07) is 15.4. The van der Waals surface area contributed by atoms with Gasteiger partial charge < -0.3 is 31.1 Å². The Bertz CT molecular complexity index is 1530. The van der Waals surface area contributed by atoms with Crippen molar-refractivity contribution < 1.29 is 14.6 Å². The van der Waals surface area contributed by atoms with E-state index in [9.17, 15) is 10.2 Å². The van der Waals surface area contributed by atoms with Gasteiger partial charge in [-0.15, -0.1) is 0 Å². The highest BCUT2D eigenvalue weighted by Crippen LogP contribution is 2.39. The highest BCUT2D eigenvalue weighted by Gasteiger charge is 2.41. The second-order valence-corrected chi connectivity index (χ2v) is 10.8. The van der Waals surface area contributed by atoms with Crippen molar-refractivity contribution in [3.8, 4) is 16.9 Å². The minimum absolute atomic E-state index is 0.0809. The Labute approximate surface area is 213 Å². The Morgan fingerprint density at radius 1 is 0.973 bits per heavy atom. The minimum atomic E-state index is -0.701. The first-order valence-electron chi connectivity index (χ1n) is 12.8. The van der Waals surface area contributed by atoms with Crippen LogP contribution in [0.5, 0.6) is 5.75 Å². The molecule has 37 heavy (non-hydrogen) atoms. The maximum absolute atomic E-state index is 16.4. The predicted molar refractivity (Wildman–Crippen MR) is 142 cm³/mol. The van der Waals surface area contributed by atoms with Crippen LogP contribution in [0.25, 0.3) is 32.8 Å². The molecule has 2 bridgehead atoms. The number of rotatable bonds is 4. The summed E-state index contributed by atoms with van der Waals surface area (Å²) in [4.78, 5) is 13.8. The van der Waals surface area contributed by atoms with Crippen molar-refractivity contribution in [2.75, 3.05) is 42.6 Å². The maximum atomic E-state index is 16.4. The van der Waals surface area contributed by atoms with Crippen molar-refractivity contribution in [3.05, 3.63) is 54.3 Å². The average molecular weight is 501 g/mol. The van der Waals surface area contributed by atoms with Gasteiger partial charge >= 0.3 is 0 Å². The van der Waals surface area contributed by atoms with E-state index in [1.807, 2.05) is 35.2 Å². The van der Waals surface area contributed by atoms with Gasteiger partial charge in [-0.25, -0.2) is 9.37 Å². The quantitative estimate of drug-likeness (QED) is 0.339. The highest BCUT2D eigenvalue weighted by molar-refractivity contribution is 6.01. The lowest BCUT2D eigenvalue weighted by Gasteiger charge is -2.46. The molecule has 7 rings (SSSR count). The number of halogens is 1. The van der Waals surface area contributed by atoms with Gasteiger partial charge in [0.05, 0.1) is 12.1 Å². The zero-order valence-electron chi connectivity index (χ0n) is 20.4. The maximum Gasteiger partial charge on any atom is 0.228 e. The number of nitrogens with two attached hydrogens (primary N) is 1. The van der Waals surface area contributed by atoms with Gasteiger partial charge in [0.25, 0.3) is 0 Å². The molecule has 3 aliphatic rings. The SMILES string of the molecule is NC1(CO)CN(c2nc(N3CC4CCC(C3)N4)c3ccc(-c4cc(O)cc5ccccc45)c(F)c3n2)C1. The van der Waals surface area contributed by atoms with Crippen LogP contribution >= 0.6 is 0 Å². The van der Waals surface area contributed by atoms with Crippen LogP contribution in [-0.4, -0.2) is 70.6 Å². The van der Waals surface area contributed by atoms with Crippen molar-refractivity contribution in [2.45, 2.75) is 30.5 Å². The van der Waals surface area contributed by atoms with Crippen LogP contribution in [0, 0.1) is 5.82 Å². The van der Waals surface area contributed by atoms with Crippen LogP contribution < -0.4 is 20.9 Å². The van der Waals surface area contributed by atoms with Crippen molar-refractivity contribution in [2.24, 2.45) is 5.73 Å². The third kappa shape index (κ3) is 3.68. The van der Waals surface area contributed by atoms with Gasteiger partial charge in [-0.1, -0.05) is 30.3 Å². The molecule has 3 aromatic carbocycles. The van der Waals surface area contributed by atoms with Gasteiger partial charge in [0.15, 0.2) is 5.82 Å². The number of nitrogens with one attached hydrogen (secondary N) is 1. The number of aromatic hydroxyl groups is 1. The van der Waals surface area contributed by atoms with Crippen molar-refractivity contribution >= 4 is 33.4 Å². The summed E-state index contributed by atoms with van der Waals surface area (Å²) in [5, 5.41) is 26.0. The number of benzene rings is 3. The van der Waals surface area contributed by atoms with E-state index in [0.717, 1.165) is 42.5 Å². The van der Waals surface area contributed by atoms with E-state index in [2.05, 4.69) is 10.2 Å². The largest absolute Gasteiger partial charge is 0.508 e. The monoisotopic (exact) mass is 500 g/mol. The number of hydrogen-bond acceptors (Lipinski definition) is 8. The Balaban J connectivity index is 1.41. The normalized spacial score (nSPS) is 22.6. The summed E-state index contributed by atoms with van der Waals surface area (Å²) in [5.74, 6) is 0.776. The number of nitrogens with zero attached hydrogens (tertiary/aromatic N) is 4. The molecule has 0 saturated carbocycles. The second kappa shape index (κ2) is 8.24. The zero-order chi connectivity index (χ0) is 25.3. The molecule has 2 unspecified atom stereocenters. The summed E-state index contributed by atoms with van der Waals surface area (Å²) in [6.07, 6.45) is 2.25. The first-order valence-corrected chi connectivity index (χ1v) is 12.8. The molecule has 9 heteroatoms.